The molecule has 1 fully saturated rings. The van der Waals surface area contributed by atoms with Crippen LogP contribution >= 0.6 is 11.3 Å². The molecule has 0 aliphatic heterocycles. The number of nitrogens with one attached hydrogen (secondary N) is 2. The SMILES string of the molecule is COCCOC1CCC(NC(=O)c2cc(-c3cncs3)cc3c(C#N)c[nH]c23)CC1. The molecule has 2 N–H and O–H groups in total. The fourth-order valence-corrected chi connectivity index (χ4v) is 4.55. The monoisotopic (exact) mass is 424 g/mol. The van der Waals surface area contributed by atoms with Gasteiger partial charge in [0.15, 0.2) is 0 Å². The lowest BCUT2D eigenvalue weighted by molar-refractivity contribution is -0.00408. The predicted octanol–water partition coefficient (Wildman–Crippen LogP) is 3.87. The Balaban J connectivity index is 1.51. The van der Waals surface area contributed by atoms with Crippen molar-refractivity contribution in [2.75, 3.05) is 20.3 Å². The van der Waals surface area contributed by atoms with E-state index in [0.717, 1.165) is 41.5 Å². The molecule has 0 spiro atoms. The summed E-state index contributed by atoms with van der Waals surface area (Å²) in [5, 5.41) is 13.4. The van der Waals surface area contributed by atoms with Crippen molar-refractivity contribution in [1.82, 2.24) is 15.3 Å². The molecule has 1 aliphatic carbocycles. The summed E-state index contributed by atoms with van der Waals surface area (Å²) in [5.41, 5.74) is 4.42. The van der Waals surface area contributed by atoms with Crippen LogP contribution in [0.25, 0.3) is 21.3 Å². The van der Waals surface area contributed by atoms with E-state index < -0.39 is 0 Å². The van der Waals surface area contributed by atoms with Crippen LogP contribution in [-0.2, 0) is 9.47 Å². The molecule has 7 nitrogen and oxygen atoms in total. The van der Waals surface area contributed by atoms with E-state index in [1.807, 2.05) is 12.1 Å². The highest BCUT2D eigenvalue weighted by atomic mass is 32.1. The van der Waals surface area contributed by atoms with Gasteiger partial charge >= 0.3 is 0 Å². The topological polar surface area (TPSA) is 100 Å². The van der Waals surface area contributed by atoms with Crippen molar-refractivity contribution in [2.45, 2.75) is 37.8 Å². The smallest absolute Gasteiger partial charge is 0.253 e. The first-order valence-corrected chi connectivity index (χ1v) is 10.9. The fraction of sp³-hybridized carbons (Fsp3) is 0.409. The summed E-state index contributed by atoms with van der Waals surface area (Å²) in [6, 6.07) is 6.13. The van der Waals surface area contributed by atoms with E-state index in [1.165, 1.54) is 11.3 Å². The van der Waals surface area contributed by atoms with Crippen LogP contribution in [0.1, 0.15) is 41.6 Å². The van der Waals surface area contributed by atoms with Crippen LogP contribution in [-0.4, -0.2) is 48.3 Å². The van der Waals surface area contributed by atoms with Crippen molar-refractivity contribution < 1.29 is 14.3 Å². The van der Waals surface area contributed by atoms with Gasteiger partial charge in [0.05, 0.1) is 46.3 Å². The second kappa shape index (κ2) is 9.39. The summed E-state index contributed by atoms with van der Waals surface area (Å²) >= 11 is 1.51. The van der Waals surface area contributed by atoms with E-state index >= 15 is 0 Å². The molecular weight excluding hydrogens is 400 g/mol. The van der Waals surface area contributed by atoms with Gasteiger partial charge in [-0.3, -0.25) is 9.78 Å². The fourth-order valence-electron chi connectivity index (χ4n) is 3.94. The van der Waals surface area contributed by atoms with Crippen molar-refractivity contribution in [2.24, 2.45) is 0 Å². The molecule has 30 heavy (non-hydrogen) atoms. The van der Waals surface area contributed by atoms with E-state index in [1.54, 1.807) is 25.0 Å². The third kappa shape index (κ3) is 4.38. The van der Waals surface area contributed by atoms with Crippen LogP contribution < -0.4 is 5.32 Å². The molecule has 0 atom stereocenters. The van der Waals surface area contributed by atoms with Crippen LogP contribution in [0.3, 0.4) is 0 Å². The molecule has 0 unspecified atom stereocenters. The summed E-state index contributed by atoms with van der Waals surface area (Å²) in [5.74, 6) is -0.124. The second-order valence-electron chi connectivity index (χ2n) is 7.44. The van der Waals surface area contributed by atoms with Crippen LogP contribution in [0.15, 0.2) is 30.0 Å². The summed E-state index contributed by atoms with van der Waals surface area (Å²) in [7, 11) is 1.67. The van der Waals surface area contributed by atoms with E-state index in [2.05, 4.69) is 21.4 Å². The summed E-state index contributed by atoms with van der Waals surface area (Å²) < 4.78 is 10.8. The lowest BCUT2D eigenvalue weighted by Crippen LogP contribution is -2.39. The Kier molecular flexibility index (Phi) is 6.43. The lowest BCUT2D eigenvalue weighted by atomic mass is 9.92. The number of benzene rings is 1. The van der Waals surface area contributed by atoms with Crippen molar-refractivity contribution in [1.29, 1.82) is 5.26 Å². The Morgan fingerprint density at radius 3 is 2.87 bits per heavy atom. The van der Waals surface area contributed by atoms with Gasteiger partial charge in [-0.25, -0.2) is 0 Å². The van der Waals surface area contributed by atoms with Gasteiger partial charge < -0.3 is 19.8 Å². The van der Waals surface area contributed by atoms with Gasteiger partial charge in [0, 0.05) is 30.9 Å². The number of amides is 1. The van der Waals surface area contributed by atoms with Gasteiger partial charge in [0.25, 0.3) is 5.91 Å². The normalized spacial score (nSPS) is 18.9. The van der Waals surface area contributed by atoms with E-state index in [4.69, 9.17) is 9.47 Å². The number of nitrogens with zero attached hydrogens (tertiary/aromatic N) is 2. The maximum atomic E-state index is 13.2. The number of thiazole rings is 1. The summed E-state index contributed by atoms with van der Waals surface area (Å²) in [6.45, 7) is 1.21. The molecule has 2 aromatic heterocycles. The van der Waals surface area contributed by atoms with Gasteiger partial charge in [0.1, 0.15) is 6.07 Å². The number of carbonyl (C=O) groups is 1. The third-order valence-electron chi connectivity index (χ3n) is 5.52. The van der Waals surface area contributed by atoms with E-state index in [0.29, 0.717) is 29.9 Å². The lowest BCUT2D eigenvalue weighted by Gasteiger charge is -2.29. The Hall–Kier alpha value is -2.73. The Morgan fingerprint density at radius 2 is 2.17 bits per heavy atom. The second-order valence-corrected chi connectivity index (χ2v) is 8.32. The molecule has 1 aliphatic rings. The molecule has 4 rings (SSSR count). The van der Waals surface area contributed by atoms with Gasteiger partial charge in [-0.15, -0.1) is 11.3 Å². The zero-order valence-corrected chi connectivity index (χ0v) is 17.6. The minimum absolute atomic E-state index is 0.118. The number of hydrogen-bond donors (Lipinski definition) is 2. The average molecular weight is 425 g/mol. The van der Waals surface area contributed by atoms with E-state index in [-0.39, 0.29) is 18.1 Å². The minimum Gasteiger partial charge on any atom is -0.382 e. The van der Waals surface area contributed by atoms with Crippen LogP contribution in [0.4, 0.5) is 0 Å². The minimum atomic E-state index is -0.124. The quantitative estimate of drug-likeness (QED) is 0.561. The molecule has 0 radical (unpaired) electrons. The number of ether oxygens (including phenoxy) is 2. The van der Waals surface area contributed by atoms with Crippen molar-refractivity contribution in [3.8, 4) is 16.5 Å². The Morgan fingerprint density at radius 1 is 1.33 bits per heavy atom. The van der Waals surface area contributed by atoms with Crippen molar-refractivity contribution >= 4 is 28.1 Å². The Labute approximate surface area is 179 Å². The standard InChI is InChI=1S/C22H24N4O3S/c1-28-6-7-29-17-4-2-16(3-5-17)26-22(27)19-9-14(20-12-24-13-30-20)8-18-15(10-23)11-25-21(18)19/h8-9,11-13,16-17,25H,2-7H2,1H3,(H,26,27). The van der Waals surface area contributed by atoms with Gasteiger partial charge in [-0.2, -0.15) is 5.26 Å². The van der Waals surface area contributed by atoms with Crippen LogP contribution in [0.2, 0.25) is 0 Å². The molecule has 156 valence electrons. The highest BCUT2D eigenvalue weighted by Gasteiger charge is 2.24. The molecule has 2 heterocycles. The number of aromatic nitrogens is 2. The first-order chi connectivity index (χ1) is 14.7. The first kappa shape index (κ1) is 20.5. The molecule has 1 amide bonds. The third-order valence-corrected chi connectivity index (χ3v) is 6.34. The Bertz CT molecular complexity index is 1050. The zero-order valence-electron chi connectivity index (χ0n) is 16.8. The molecule has 3 aromatic rings. The first-order valence-electron chi connectivity index (χ1n) is 10.0. The predicted molar refractivity (Wildman–Crippen MR) is 115 cm³/mol. The van der Waals surface area contributed by atoms with Crippen LogP contribution in [0.5, 0.6) is 0 Å². The number of rotatable bonds is 7. The van der Waals surface area contributed by atoms with Crippen molar-refractivity contribution in [3.63, 3.8) is 0 Å². The maximum Gasteiger partial charge on any atom is 0.253 e. The molecule has 0 bridgehead atoms. The zero-order chi connectivity index (χ0) is 20.9. The summed E-state index contributed by atoms with van der Waals surface area (Å²) in [4.78, 5) is 21.4. The largest absolute Gasteiger partial charge is 0.382 e. The summed E-state index contributed by atoms with van der Waals surface area (Å²) in [6.07, 6.45) is 7.27. The van der Waals surface area contributed by atoms with Crippen molar-refractivity contribution in [3.05, 3.63) is 41.2 Å². The van der Waals surface area contributed by atoms with Gasteiger partial charge in [-0.1, -0.05) is 0 Å². The number of fused-ring (bicyclic) bond motifs is 1. The highest BCUT2D eigenvalue weighted by molar-refractivity contribution is 7.13. The molecular formula is C22H24N4O3S. The highest BCUT2D eigenvalue weighted by Crippen LogP contribution is 2.31. The van der Waals surface area contributed by atoms with Gasteiger partial charge in [0.2, 0.25) is 0 Å². The number of H-pyrrole nitrogens is 1. The molecule has 1 saturated carbocycles. The maximum absolute atomic E-state index is 13.2. The van der Waals surface area contributed by atoms with E-state index in [9.17, 15) is 10.1 Å². The number of carbonyl (C=O) groups excluding carboxylic acids is 1. The number of aromatic amines is 1. The molecule has 8 heteroatoms. The van der Waals surface area contributed by atoms with Gasteiger partial charge in [-0.05, 0) is 43.4 Å². The number of methoxy groups -OCH3 is 1. The molecule has 0 saturated heterocycles. The molecule has 1 aromatic carbocycles. The number of hydrogen-bond acceptors (Lipinski definition) is 6. The van der Waals surface area contributed by atoms with Crippen LogP contribution in [0, 0.1) is 11.3 Å². The number of nitriles is 1. The average Bonchev–Trinajstić information content (AvgIpc) is 3.44.